The van der Waals surface area contributed by atoms with Crippen LogP contribution in [-0.4, -0.2) is 9.13 Å². The lowest BCUT2D eigenvalue weighted by Crippen LogP contribution is -1.95. The Hall–Kier alpha value is -6.64. The molecular weight excluding hydrogens is 617 g/mol. The van der Waals surface area contributed by atoms with Gasteiger partial charge < -0.3 is 9.13 Å². The summed E-state index contributed by atoms with van der Waals surface area (Å²) in [6.07, 6.45) is 6.24. The highest BCUT2D eigenvalue weighted by Crippen LogP contribution is 2.39. The minimum absolute atomic E-state index is 1.08. The zero-order chi connectivity index (χ0) is 34.3. The van der Waals surface area contributed by atoms with E-state index < -0.39 is 0 Å². The van der Waals surface area contributed by atoms with E-state index >= 15 is 0 Å². The van der Waals surface area contributed by atoms with E-state index in [9.17, 15) is 0 Å². The second kappa shape index (κ2) is 12.7. The summed E-state index contributed by atoms with van der Waals surface area (Å²) in [7, 11) is 0. The first-order chi connectivity index (χ1) is 25.2. The summed E-state index contributed by atoms with van der Waals surface area (Å²) in [6, 6.07) is 61.3. The first kappa shape index (κ1) is 30.4. The Kier molecular flexibility index (Phi) is 7.56. The molecular formula is C49H36N2. The minimum atomic E-state index is 1.08. The highest BCUT2D eigenvalue weighted by Gasteiger charge is 2.17. The number of benzene rings is 7. The standard InChI is InChI=1S/C49H36N2/c1-3-15-40(30-34(2)35-16-6-4-7-17-35)50-46-24-12-10-22-42(46)44-32-38(26-28-48(44)50)39-27-29-49-45(33-39)43-23-11-13-25-47(43)51(49)41-21-14-20-37(31-41)36-18-8-5-9-19-36/h3-33H,1H2,2H3/b34-30+,40-15+. The first-order valence-electron chi connectivity index (χ1n) is 17.5. The van der Waals surface area contributed by atoms with E-state index in [0.29, 0.717) is 0 Å². The lowest BCUT2D eigenvalue weighted by molar-refractivity contribution is 1.18. The Balaban J connectivity index is 1.19. The fourth-order valence-corrected chi connectivity index (χ4v) is 7.63. The van der Waals surface area contributed by atoms with Gasteiger partial charge in [-0.3, -0.25) is 0 Å². The van der Waals surface area contributed by atoms with Crippen LogP contribution in [0.3, 0.4) is 0 Å². The van der Waals surface area contributed by atoms with Crippen molar-refractivity contribution in [2.45, 2.75) is 6.92 Å². The maximum atomic E-state index is 4.07. The molecule has 0 saturated carbocycles. The average molecular weight is 653 g/mol. The molecule has 0 amide bonds. The maximum Gasteiger partial charge on any atom is 0.0541 e. The monoisotopic (exact) mass is 652 g/mol. The third-order valence-corrected chi connectivity index (χ3v) is 10.0. The summed E-state index contributed by atoms with van der Waals surface area (Å²) in [5, 5.41) is 4.94. The van der Waals surface area contributed by atoms with Gasteiger partial charge in [0.15, 0.2) is 0 Å². The van der Waals surface area contributed by atoms with Crippen molar-refractivity contribution in [3.63, 3.8) is 0 Å². The van der Waals surface area contributed by atoms with Crippen molar-refractivity contribution in [1.29, 1.82) is 0 Å². The molecule has 0 bridgehead atoms. The smallest absolute Gasteiger partial charge is 0.0541 e. The molecule has 0 N–H and O–H groups in total. The van der Waals surface area contributed by atoms with Gasteiger partial charge in [0.1, 0.15) is 0 Å². The second-order valence-corrected chi connectivity index (χ2v) is 13.1. The second-order valence-electron chi connectivity index (χ2n) is 13.1. The number of hydrogen-bond acceptors (Lipinski definition) is 0. The van der Waals surface area contributed by atoms with E-state index in [-0.39, 0.29) is 0 Å². The van der Waals surface area contributed by atoms with Crippen LogP contribution in [0.25, 0.3) is 82.8 Å². The summed E-state index contributed by atoms with van der Waals surface area (Å²) < 4.78 is 4.76. The van der Waals surface area contributed by atoms with Crippen LogP contribution in [0, 0.1) is 0 Å². The molecule has 0 aliphatic rings. The lowest BCUT2D eigenvalue weighted by atomic mass is 10.0. The molecule has 0 aliphatic carbocycles. The molecule has 2 heterocycles. The zero-order valence-electron chi connectivity index (χ0n) is 28.5. The van der Waals surface area contributed by atoms with Crippen molar-refractivity contribution in [2.24, 2.45) is 0 Å². The predicted molar refractivity (Wildman–Crippen MR) is 219 cm³/mol. The fraction of sp³-hybridized carbons (Fsp3) is 0.0204. The van der Waals surface area contributed by atoms with Crippen molar-refractivity contribution >= 4 is 54.9 Å². The predicted octanol–water partition coefficient (Wildman–Crippen LogP) is 13.4. The van der Waals surface area contributed by atoms with Crippen molar-refractivity contribution in [1.82, 2.24) is 9.13 Å². The third-order valence-electron chi connectivity index (χ3n) is 10.0. The van der Waals surface area contributed by atoms with E-state index in [1.165, 1.54) is 77.0 Å². The van der Waals surface area contributed by atoms with Crippen LogP contribution < -0.4 is 0 Å². The Morgan fingerprint density at radius 3 is 1.73 bits per heavy atom. The number of aromatic nitrogens is 2. The largest absolute Gasteiger partial charge is 0.309 e. The number of nitrogens with zero attached hydrogens (tertiary/aromatic N) is 2. The van der Waals surface area contributed by atoms with Gasteiger partial charge in [-0.25, -0.2) is 0 Å². The average Bonchev–Trinajstić information content (AvgIpc) is 3.70. The normalized spacial score (nSPS) is 12.3. The van der Waals surface area contributed by atoms with Gasteiger partial charge in [-0.05, 0) is 101 Å². The van der Waals surface area contributed by atoms with Gasteiger partial charge >= 0.3 is 0 Å². The summed E-state index contributed by atoms with van der Waals surface area (Å²) in [5.74, 6) is 0. The van der Waals surface area contributed by atoms with Crippen molar-refractivity contribution in [3.8, 4) is 27.9 Å². The molecule has 0 radical (unpaired) electrons. The van der Waals surface area contributed by atoms with Crippen LogP contribution in [0.1, 0.15) is 12.5 Å². The molecule has 2 heteroatoms. The number of para-hydroxylation sites is 2. The van der Waals surface area contributed by atoms with Crippen molar-refractivity contribution in [2.75, 3.05) is 0 Å². The van der Waals surface area contributed by atoms with Crippen molar-refractivity contribution in [3.05, 3.63) is 200 Å². The molecule has 9 rings (SSSR count). The van der Waals surface area contributed by atoms with Crippen LogP contribution in [0.4, 0.5) is 0 Å². The Bertz CT molecular complexity index is 2810. The minimum Gasteiger partial charge on any atom is -0.309 e. The van der Waals surface area contributed by atoms with E-state index in [1.54, 1.807) is 0 Å². The molecule has 9 aromatic rings. The molecule has 2 nitrogen and oxygen atoms in total. The highest BCUT2D eigenvalue weighted by molar-refractivity contribution is 6.13. The SMILES string of the molecule is C=C/C=C(\C=C(/C)c1ccccc1)n1c2ccccc2c2cc(-c3ccc4c(c3)c3ccccc3n4-c3cccc(-c4ccccc4)c3)ccc21. The Labute approximate surface area is 298 Å². The molecule has 242 valence electrons. The number of allylic oxidation sites excluding steroid dienone is 5. The van der Waals surface area contributed by atoms with Gasteiger partial charge in [0.25, 0.3) is 0 Å². The van der Waals surface area contributed by atoms with E-state index in [4.69, 9.17) is 0 Å². The van der Waals surface area contributed by atoms with Gasteiger partial charge in [-0.15, -0.1) is 0 Å². The highest BCUT2D eigenvalue weighted by atomic mass is 15.0. The van der Waals surface area contributed by atoms with Gasteiger partial charge in [0.2, 0.25) is 0 Å². The van der Waals surface area contributed by atoms with E-state index in [2.05, 4.69) is 205 Å². The van der Waals surface area contributed by atoms with Gasteiger partial charge in [0, 0.05) is 32.9 Å². The molecule has 0 fully saturated rings. The fourth-order valence-electron chi connectivity index (χ4n) is 7.63. The topological polar surface area (TPSA) is 9.86 Å². The molecule has 0 aliphatic heterocycles. The summed E-state index contributed by atoms with van der Waals surface area (Å²) >= 11 is 0. The molecule has 51 heavy (non-hydrogen) atoms. The van der Waals surface area contributed by atoms with E-state index in [0.717, 1.165) is 11.4 Å². The summed E-state index contributed by atoms with van der Waals surface area (Å²) in [6.45, 7) is 6.24. The molecule has 0 spiro atoms. The molecule has 0 unspecified atom stereocenters. The maximum absolute atomic E-state index is 4.07. The quantitative estimate of drug-likeness (QED) is 0.152. The zero-order valence-corrected chi connectivity index (χ0v) is 28.5. The first-order valence-corrected chi connectivity index (χ1v) is 17.5. The Morgan fingerprint density at radius 1 is 0.471 bits per heavy atom. The molecule has 2 aromatic heterocycles. The van der Waals surface area contributed by atoms with Gasteiger partial charge in [-0.2, -0.15) is 0 Å². The molecule has 7 aromatic carbocycles. The summed E-state index contributed by atoms with van der Waals surface area (Å²) in [5.41, 5.74) is 14.2. The molecule has 0 saturated heterocycles. The van der Waals surface area contributed by atoms with Crippen LogP contribution in [0.2, 0.25) is 0 Å². The third kappa shape index (κ3) is 5.29. The van der Waals surface area contributed by atoms with Crippen molar-refractivity contribution < 1.29 is 0 Å². The number of rotatable bonds is 7. The van der Waals surface area contributed by atoms with Gasteiger partial charge in [-0.1, -0.05) is 134 Å². The lowest BCUT2D eigenvalue weighted by Gasteiger charge is -2.12. The number of fused-ring (bicyclic) bond motifs is 6. The van der Waals surface area contributed by atoms with E-state index in [1.807, 2.05) is 6.08 Å². The molecule has 0 atom stereocenters. The number of hydrogen-bond donors (Lipinski definition) is 0. The van der Waals surface area contributed by atoms with Crippen LogP contribution in [-0.2, 0) is 0 Å². The van der Waals surface area contributed by atoms with Crippen LogP contribution in [0.5, 0.6) is 0 Å². The van der Waals surface area contributed by atoms with Gasteiger partial charge in [0.05, 0.1) is 22.1 Å². The Morgan fingerprint density at radius 2 is 1.00 bits per heavy atom. The summed E-state index contributed by atoms with van der Waals surface area (Å²) in [4.78, 5) is 0. The van der Waals surface area contributed by atoms with Crippen LogP contribution >= 0.6 is 0 Å². The van der Waals surface area contributed by atoms with Crippen LogP contribution in [0.15, 0.2) is 195 Å².